The summed E-state index contributed by atoms with van der Waals surface area (Å²) >= 11 is 1.80. The number of nitrogens with one attached hydrogen (secondary N) is 2. The van der Waals surface area contributed by atoms with E-state index in [1.807, 2.05) is 24.3 Å². The predicted molar refractivity (Wildman–Crippen MR) is 139 cm³/mol. The van der Waals surface area contributed by atoms with Crippen molar-refractivity contribution in [1.29, 1.82) is 0 Å². The molecule has 0 radical (unpaired) electrons. The lowest BCUT2D eigenvalue weighted by molar-refractivity contribution is 0.0939. The largest absolute Gasteiger partial charge is 0.383 e. The van der Waals surface area contributed by atoms with E-state index in [-0.39, 0.29) is 17.8 Å². The number of benzene rings is 4. The smallest absolute Gasteiger partial charge is 0.251 e. The minimum Gasteiger partial charge on any atom is -0.383 e. The fraction of sp³-hybridized carbons (Fsp3) is 0.138. The number of carbonyl (C=O) groups is 1. The van der Waals surface area contributed by atoms with Crippen LogP contribution < -0.4 is 10.6 Å². The molecule has 172 valence electrons. The second kappa shape index (κ2) is 12.1. The topological polar surface area (TPSA) is 41.1 Å². The van der Waals surface area contributed by atoms with Gasteiger partial charge in [-0.15, -0.1) is 11.8 Å². The molecule has 1 amide bonds. The Hall–Kier alpha value is -3.57. The quantitative estimate of drug-likeness (QED) is 0.258. The Labute approximate surface area is 204 Å². The highest BCUT2D eigenvalue weighted by atomic mass is 32.2. The van der Waals surface area contributed by atoms with E-state index >= 15 is 0 Å². The van der Waals surface area contributed by atoms with Crippen molar-refractivity contribution in [2.45, 2.75) is 23.1 Å². The fourth-order valence-corrected chi connectivity index (χ4v) is 4.45. The standard InChI is InChI=1S/C29H27FN2OS/c30-25-13-11-24(12-14-25)29(33)32-27(19-22-7-3-1-4-8-22)20-31-26-15-17-28(18-16-26)34-21-23-9-5-2-6-10-23/h1-18,27,31H,19-21H2,(H,32,33)/t27-/m0/s1. The molecule has 0 saturated heterocycles. The molecular formula is C29H27FN2OS. The van der Waals surface area contributed by atoms with Crippen molar-refractivity contribution in [1.82, 2.24) is 5.32 Å². The maximum absolute atomic E-state index is 13.2. The van der Waals surface area contributed by atoms with E-state index < -0.39 is 0 Å². The molecule has 1 atom stereocenters. The van der Waals surface area contributed by atoms with Gasteiger partial charge in [0.1, 0.15) is 5.82 Å². The van der Waals surface area contributed by atoms with Gasteiger partial charge in [0.05, 0.1) is 6.04 Å². The Morgan fingerprint density at radius 2 is 1.38 bits per heavy atom. The van der Waals surface area contributed by atoms with Crippen LogP contribution in [-0.4, -0.2) is 18.5 Å². The van der Waals surface area contributed by atoms with Crippen LogP contribution in [0.2, 0.25) is 0 Å². The molecule has 4 rings (SSSR count). The number of halogens is 1. The summed E-state index contributed by atoms with van der Waals surface area (Å²) in [6.45, 7) is 0.568. The Bertz CT molecular complexity index is 1170. The number of carbonyl (C=O) groups excluding carboxylic acids is 1. The summed E-state index contributed by atoms with van der Waals surface area (Å²) in [5.74, 6) is 0.363. The summed E-state index contributed by atoms with van der Waals surface area (Å²) < 4.78 is 13.2. The lowest BCUT2D eigenvalue weighted by Gasteiger charge is -2.20. The first-order valence-electron chi connectivity index (χ1n) is 11.3. The van der Waals surface area contributed by atoms with E-state index in [0.29, 0.717) is 18.5 Å². The van der Waals surface area contributed by atoms with Gasteiger partial charge in [-0.2, -0.15) is 0 Å². The van der Waals surface area contributed by atoms with Crippen LogP contribution >= 0.6 is 11.8 Å². The van der Waals surface area contributed by atoms with Crippen LogP contribution in [0.5, 0.6) is 0 Å². The van der Waals surface area contributed by atoms with Gasteiger partial charge in [0.25, 0.3) is 5.91 Å². The van der Waals surface area contributed by atoms with Crippen LogP contribution in [0.25, 0.3) is 0 Å². The Morgan fingerprint density at radius 3 is 2.03 bits per heavy atom. The molecule has 4 aromatic carbocycles. The lowest BCUT2D eigenvalue weighted by Crippen LogP contribution is -2.41. The zero-order valence-electron chi connectivity index (χ0n) is 18.8. The highest BCUT2D eigenvalue weighted by Gasteiger charge is 2.15. The molecule has 0 fully saturated rings. The number of hydrogen-bond acceptors (Lipinski definition) is 3. The normalized spacial score (nSPS) is 11.6. The summed E-state index contributed by atoms with van der Waals surface area (Å²) in [7, 11) is 0. The van der Waals surface area contributed by atoms with Gasteiger partial charge in [-0.25, -0.2) is 4.39 Å². The second-order valence-corrected chi connectivity index (χ2v) is 9.10. The van der Waals surface area contributed by atoms with Gasteiger partial charge < -0.3 is 10.6 Å². The highest BCUT2D eigenvalue weighted by Crippen LogP contribution is 2.24. The average Bonchev–Trinajstić information content (AvgIpc) is 2.88. The zero-order chi connectivity index (χ0) is 23.6. The van der Waals surface area contributed by atoms with Crippen LogP contribution in [0, 0.1) is 5.82 Å². The SMILES string of the molecule is O=C(N[C@H](CNc1ccc(SCc2ccccc2)cc1)Cc1ccccc1)c1ccc(F)cc1. The number of thioether (sulfide) groups is 1. The van der Waals surface area contributed by atoms with Crippen LogP contribution in [0.15, 0.2) is 114 Å². The molecule has 4 aromatic rings. The van der Waals surface area contributed by atoms with Crippen LogP contribution in [0.4, 0.5) is 10.1 Å². The van der Waals surface area contributed by atoms with Gasteiger partial charge >= 0.3 is 0 Å². The minimum absolute atomic E-state index is 0.132. The van der Waals surface area contributed by atoms with Gasteiger partial charge in [-0.1, -0.05) is 60.7 Å². The van der Waals surface area contributed by atoms with Crippen molar-refractivity contribution in [3.8, 4) is 0 Å². The third kappa shape index (κ3) is 7.22. The number of amides is 1. The van der Waals surface area contributed by atoms with Crippen molar-refractivity contribution in [3.63, 3.8) is 0 Å². The molecule has 0 aromatic heterocycles. The highest BCUT2D eigenvalue weighted by molar-refractivity contribution is 7.98. The molecule has 3 nitrogen and oxygen atoms in total. The number of anilines is 1. The van der Waals surface area contributed by atoms with Crippen molar-refractivity contribution in [2.24, 2.45) is 0 Å². The Balaban J connectivity index is 1.36. The maximum atomic E-state index is 13.2. The first-order chi connectivity index (χ1) is 16.7. The molecule has 2 N–H and O–H groups in total. The van der Waals surface area contributed by atoms with Gasteiger partial charge in [0.15, 0.2) is 0 Å². The summed E-state index contributed by atoms with van der Waals surface area (Å²) in [6.07, 6.45) is 0.686. The van der Waals surface area contributed by atoms with Crippen molar-refractivity contribution < 1.29 is 9.18 Å². The molecular weight excluding hydrogens is 443 g/mol. The summed E-state index contributed by atoms with van der Waals surface area (Å²) in [5.41, 5.74) is 3.88. The van der Waals surface area contributed by atoms with Crippen LogP contribution in [0.3, 0.4) is 0 Å². The zero-order valence-corrected chi connectivity index (χ0v) is 19.6. The van der Waals surface area contributed by atoms with E-state index in [9.17, 15) is 9.18 Å². The molecule has 5 heteroatoms. The van der Waals surface area contributed by atoms with E-state index in [2.05, 4.69) is 71.3 Å². The van der Waals surface area contributed by atoms with Crippen molar-refractivity contribution in [2.75, 3.05) is 11.9 Å². The predicted octanol–water partition coefficient (Wildman–Crippen LogP) is 6.57. The maximum Gasteiger partial charge on any atom is 0.251 e. The van der Waals surface area contributed by atoms with Gasteiger partial charge in [0, 0.05) is 28.4 Å². The molecule has 0 spiro atoms. The lowest BCUT2D eigenvalue weighted by atomic mass is 10.0. The van der Waals surface area contributed by atoms with Gasteiger partial charge in [-0.05, 0) is 66.1 Å². The molecule has 0 aliphatic heterocycles. The summed E-state index contributed by atoms with van der Waals surface area (Å²) in [4.78, 5) is 13.9. The molecule has 0 aliphatic rings. The fourth-order valence-electron chi connectivity index (χ4n) is 3.59. The monoisotopic (exact) mass is 470 g/mol. The summed E-state index contributed by atoms with van der Waals surface area (Å²) in [5, 5.41) is 6.54. The van der Waals surface area contributed by atoms with E-state index in [0.717, 1.165) is 17.0 Å². The third-order valence-corrected chi connectivity index (χ3v) is 6.50. The number of hydrogen-bond donors (Lipinski definition) is 2. The van der Waals surface area contributed by atoms with Crippen LogP contribution in [-0.2, 0) is 12.2 Å². The molecule has 0 unspecified atom stereocenters. The van der Waals surface area contributed by atoms with Gasteiger partial charge in [0.2, 0.25) is 0 Å². The first-order valence-corrected chi connectivity index (χ1v) is 12.3. The molecule has 0 aliphatic carbocycles. The van der Waals surface area contributed by atoms with E-state index in [1.54, 1.807) is 11.8 Å². The molecule has 0 bridgehead atoms. The molecule has 0 saturated carbocycles. The Kier molecular flexibility index (Phi) is 8.36. The first kappa shape index (κ1) is 23.6. The number of rotatable bonds is 10. The minimum atomic E-state index is -0.357. The van der Waals surface area contributed by atoms with Crippen molar-refractivity contribution >= 4 is 23.4 Å². The molecule has 34 heavy (non-hydrogen) atoms. The third-order valence-electron chi connectivity index (χ3n) is 5.42. The average molecular weight is 471 g/mol. The Morgan fingerprint density at radius 1 is 0.765 bits per heavy atom. The van der Waals surface area contributed by atoms with Gasteiger partial charge in [-0.3, -0.25) is 4.79 Å². The van der Waals surface area contributed by atoms with E-state index in [4.69, 9.17) is 0 Å². The van der Waals surface area contributed by atoms with Crippen molar-refractivity contribution in [3.05, 3.63) is 132 Å². The molecule has 0 heterocycles. The summed E-state index contributed by atoms with van der Waals surface area (Å²) in [6, 6.07) is 34.3. The van der Waals surface area contributed by atoms with E-state index in [1.165, 1.54) is 34.7 Å². The van der Waals surface area contributed by atoms with Crippen LogP contribution in [0.1, 0.15) is 21.5 Å². The second-order valence-electron chi connectivity index (χ2n) is 8.05.